The number of thioether (sulfide) groups is 1. The number of nitrogen functional groups attached to an aromatic ring is 1. The number of hydrogen-bond acceptors (Lipinski definition) is 3. The summed E-state index contributed by atoms with van der Waals surface area (Å²) in [5, 5.41) is 4.15. The second-order valence-corrected chi connectivity index (χ2v) is 5.01. The topological polar surface area (TPSA) is 38.0 Å². The molecule has 92 valence electrons. The quantitative estimate of drug-likeness (QED) is 0.818. The van der Waals surface area contributed by atoms with Gasteiger partial charge in [-0.3, -0.25) is 0 Å². The molecule has 2 rings (SSSR count). The molecular formula is C11H18Cl2N2S. The largest absolute Gasteiger partial charge is 0.399 e. The second-order valence-electron chi connectivity index (χ2n) is 3.64. The first-order valence-electron chi connectivity index (χ1n) is 5.07. The lowest BCUT2D eigenvalue weighted by Gasteiger charge is -2.21. The first-order chi connectivity index (χ1) is 6.84. The minimum atomic E-state index is 0. The number of halogens is 2. The maximum Gasteiger partial charge on any atom is 0.0314 e. The predicted octanol–water partition coefficient (Wildman–Crippen LogP) is 2.96. The fourth-order valence-electron chi connectivity index (χ4n) is 1.65. The molecule has 0 bridgehead atoms. The molecule has 1 saturated heterocycles. The first kappa shape index (κ1) is 15.9. The van der Waals surface area contributed by atoms with Gasteiger partial charge in [0.15, 0.2) is 0 Å². The van der Waals surface area contributed by atoms with E-state index in [0.29, 0.717) is 0 Å². The summed E-state index contributed by atoms with van der Waals surface area (Å²) in [5.41, 5.74) is 6.49. The van der Waals surface area contributed by atoms with Crippen LogP contribution in [0.4, 0.5) is 5.69 Å². The van der Waals surface area contributed by atoms with Crippen LogP contribution in [-0.2, 0) is 0 Å². The normalized spacial score (nSPS) is 16.0. The molecule has 0 spiro atoms. The van der Waals surface area contributed by atoms with E-state index in [1.165, 1.54) is 17.7 Å². The maximum atomic E-state index is 5.64. The lowest BCUT2D eigenvalue weighted by atomic mass is 10.2. The zero-order valence-corrected chi connectivity index (χ0v) is 11.5. The van der Waals surface area contributed by atoms with Crippen LogP contribution in [0.5, 0.6) is 0 Å². The Morgan fingerprint density at radius 1 is 1.06 bits per heavy atom. The van der Waals surface area contributed by atoms with Gasteiger partial charge < -0.3 is 11.1 Å². The fraction of sp³-hybridized carbons (Fsp3) is 0.455. The highest BCUT2D eigenvalue weighted by atomic mass is 35.5. The van der Waals surface area contributed by atoms with Crippen molar-refractivity contribution in [2.24, 2.45) is 0 Å². The van der Waals surface area contributed by atoms with Gasteiger partial charge in [-0.25, -0.2) is 0 Å². The minimum absolute atomic E-state index is 0. The number of hydrogen-bond donors (Lipinski definition) is 2. The average molecular weight is 281 g/mol. The lowest BCUT2D eigenvalue weighted by Crippen LogP contribution is -2.29. The van der Waals surface area contributed by atoms with Crippen LogP contribution in [0.1, 0.15) is 12.8 Å². The van der Waals surface area contributed by atoms with Gasteiger partial charge in [0.1, 0.15) is 0 Å². The van der Waals surface area contributed by atoms with Gasteiger partial charge in [0.25, 0.3) is 0 Å². The van der Waals surface area contributed by atoms with Crippen LogP contribution in [0.3, 0.4) is 0 Å². The van der Waals surface area contributed by atoms with Crippen LogP contribution >= 0.6 is 36.6 Å². The van der Waals surface area contributed by atoms with Crippen molar-refractivity contribution in [3.05, 3.63) is 24.3 Å². The summed E-state index contributed by atoms with van der Waals surface area (Å²) in [5.74, 6) is 0. The van der Waals surface area contributed by atoms with E-state index in [4.69, 9.17) is 5.73 Å². The van der Waals surface area contributed by atoms with E-state index in [-0.39, 0.29) is 24.8 Å². The molecule has 1 aliphatic heterocycles. The number of rotatable bonds is 2. The van der Waals surface area contributed by atoms with Gasteiger partial charge in [-0.05, 0) is 50.2 Å². The van der Waals surface area contributed by atoms with Crippen molar-refractivity contribution < 1.29 is 0 Å². The van der Waals surface area contributed by atoms with E-state index >= 15 is 0 Å². The van der Waals surface area contributed by atoms with Crippen LogP contribution in [0.15, 0.2) is 29.2 Å². The number of piperidine rings is 1. The van der Waals surface area contributed by atoms with Gasteiger partial charge in [0, 0.05) is 15.8 Å². The Morgan fingerprint density at radius 2 is 1.62 bits per heavy atom. The smallest absolute Gasteiger partial charge is 0.0314 e. The van der Waals surface area contributed by atoms with Crippen molar-refractivity contribution in [3.8, 4) is 0 Å². The molecule has 2 nitrogen and oxygen atoms in total. The Morgan fingerprint density at radius 3 is 2.19 bits per heavy atom. The zero-order valence-electron chi connectivity index (χ0n) is 9.02. The number of nitrogens with two attached hydrogens (primary N) is 1. The Balaban J connectivity index is 0.00000112. The number of benzene rings is 1. The Labute approximate surface area is 114 Å². The molecule has 1 aliphatic rings. The zero-order chi connectivity index (χ0) is 9.80. The van der Waals surface area contributed by atoms with E-state index in [1.807, 2.05) is 23.9 Å². The number of anilines is 1. The van der Waals surface area contributed by atoms with E-state index in [9.17, 15) is 0 Å². The highest BCUT2D eigenvalue weighted by molar-refractivity contribution is 8.00. The van der Waals surface area contributed by atoms with E-state index in [1.54, 1.807) is 0 Å². The van der Waals surface area contributed by atoms with E-state index in [2.05, 4.69) is 17.4 Å². The summed E-state index contributed by atoms with van der Waals surface area (Å²) in [4.78, 5) is 1.34. The molecule has 1 fully saturated rings. The van der Waals surface area contributed by atoms with Crippen molar-refractivity contribution >= 4 is 42.3 Å². The SMILES string of the molecule is Cl.Cl.Nc1ccc(SC2CCNCC2)cc1. The minimum Gasteiger partial charge on any atom is -0.399 e. The van der Waals surface area contributed by atoms with Gasteiger partial charge in [0.2, 0.25) is 0 Å². The molecule has 1 heterocycles. The number of nitrogens with one attached hydrogen (secondary N) is 1. The fourth-order valence-corrected chi connectivity index (χ4v) is 2.80. The molecule has 3 N–H and O–H groups in total. The van der Waals surface area contributed by atoms with Crippen molar-refractivity contribution in [1.82, 2.24) is 5.32 Å². The van der Waals surface area contributed by atoms with Crippen LogP contribution in [-0.4, -0.2) is 18.3 Å². The molecule has 5 heteroatoms. The highest BCUT2D eigenvalue weighted by Crippen LogP contribution is 2.28. The molecule has 1 aromatic rings. The van der Waals surface area contributed by atoms with Gasteiger partial charge >= 0.3 is 0 Å². The van der Waals surface area contributed by atoms with Crippen molar-refractivity contribution in [2.45, 2.75) is 23.0 Å². The second kappa shape index (κ2) is 8.07. The molecule has 0 atom stereocenters. The highest BCUT2D eigenvalue weighted by Gasteiger charge is 2.13. The third kappa shape index (κ3) is 4.83. The van der Waals surface area contributed by atoms with Gasteiger partial charge in [-0.2, -0.15) is 0 Å². The van der Waals surface area contributed by atoms with Gasteiger partial charge in [-0.1, -0.05) is 0 Å². The Kier molecular flexibility index (Phi) is 8.02. The molecule has 16 heavy (non-hydrogen) atoms. The first-order valence-corrected chi connectivity index (χ1v) is 5.95. The molecule has 0 unspecified atom stereocenters. The molecule has 0 aliphatic carbocycles. The van der Waals surface area contributed by atoms with E-state index < -0.39 is 0 Å². The molecule has 0 saturated carbocycles. The summed E-state index contributed by atoms with van der Waals surface area (Å²) < 4.78 is 0. The van der Waals surface area contributed by atoms with Crippen LogP contribution in [0, 0.1) is 0 Å². The summed E-state index contributed by atoms with van der Waals surface area (Å²) in [6.45, 7) is 2.32. The van der Waals surface area contributed by atoms with Crippen LogP contribution in [0.25, 0.3) is 0 Å². The lowest BCUT2D eigenvalue weighted by molar-refractivity contribution is 0.531. The molecular weight excluding hydrogens is 263 g/mol. The monoisotopic (exact) mass is 280 g/mol. The Hall–Kier alpha value is -0.0900. The van der Waals surface area contributed by atoms with E-state index in [0.717, 1.165) is 24.0 Å². The third-order valence-corrected chi connectivity index (χ3v) is 3.82. The average Bonchev–Trinajstić information content (AvgIpc) is 2.23. The van der Waals surface area contributed by atoms with Gasteiger partial charge in [0.05, 0.1) is 0 Å². The summed E-state index contributed by atoms with van der Waals surface area (Å²) >= 11 is 1.98. The molecule has 0 aromatic heterocycles. The summed E-state index contributed by atoms with van der Waals surface area (Å²) in [6.07, 6.45) is 2.55. The molecule has 0 radical (unpaired) electrons. The molecule has 1 aromatic carbocycles. The summed E-state index contributed by atoms with van der Waals surface area (Å²) in [7, 11) is 0. The van der Waals surface area contributed by atoms with Crippen LogP contribution in [0.2, 0.25) is 0 Å². The van der Waals surface area contributed by atoms with Gasteiger partial charge in [-0.15, -0.1) is 36.6 Å². The maximum absolute atomic E-state index is 5.64. The predicted molar refractivity (Wildman–Crippen MR) is 77.1 cm³/mol. The van der Waals surface area contributed by atoms with Crippen molar-refractivity contribution in [2.75, 3.05) is 18.8 Å². The van der Waals surface area contributed by atoms with Crippen molar-refractivity contribution in [1.29, 1.82) is 0 Å². The summed E-state index contributed by atoms with van der Waals surface area (Å²) in [6, 6.07) is 8.18. The molecule has 0 amide bonds. The van der Waals surface area contributed by atoms with Crippen LogP contribution < -0.4 is 11.1 Å². The van der Waals surface area contributed by atoms with Crippen molar-refractivity contribution in [3.63, 3.8) is 0 Å². The third-order valence-electron chi connectivity index (χ3n) is 2.47. The Bertz CT molecular complexity index is 287. The standard InChI is InChI=1S/C11H16N2S.2ClH/c12-9-1-3-10(4-2-9)14-11-5-7-13-8-6-11;;/h1-4,11,13H,5-8,12H2;2*1H.